The zero-order valence-electron chi connectivity index (χ0n) is 10.5. The van der Waals surface area contributed by atoms with Crippen LogP contribution in [0.4, 0.5) is 10.1 Å². The van der Waals surface area contributed by atoms with Gasteiger partial charge in [-0.05, 0) is 36.4 Å². The molecule has 0 saturated carbocycles. The second kappa shape index (κ2) is 5.71. The van der Waals surface area contributed by atoms with Gasteiger partial charge in [0.25, 0.3) is 10.0 Å². The second-order valence-corrected chi connectivity index (χ2v) is 6.16. The Bertz CT molecular complexity index is 792. The minimum absolute atomic E-state index is 0.166. The molecule has 0 aromatic heterocycles. The highest BCUT2D eigenvalue weighted by Gasteiger charge is 2.20. The van der Waals surface area contributed by atoms with E-state index >= 15 is 0 Å². The summed E-state index contributed by atoms with van der Waals surface area (Å²) in [6, 6.07) is 9.08. The molecule has 0 atom stereocenters. The van der Waals surface area contributed by atoms with Crippen LogP contribution in [0.25, 0.3) is 0 Å². The summed E-state index contributed by atoms with van der Waals surface area (Å²) in [6.07, 6.45) is 0. The predicted molar refractivity (Wildman–Crippen MR) is 77.2 cm³/mol. The van der Waals surface area contributed by atoms with Gasteiger partial charge < -0.3 is 5.73 Å². The number of nitrogens with one attached hydrogen (secondary N) is 1. The maximum atomic E-state index is 13.8. The molecule has 8 heteroatoms. The summed E-state index contributed by atoms with van der Waals surface area (Å²) in [6.45, 7) is 0. The molecule has 110 valence electrons. The summed E-state index contributed by atoms with van der Waals surface area (Å²) in [5, 5.41) is -0.290. The van der Waals surface area contributed by atoms with Gasteiger partial charge >= 0.3 is 0 Å². The van der Waals surface area contributed by atoms with E-state index in [0.717, 1.165) is 6.07 Å². The normalized spacial score (nSPS) is 11.1. The molecule has 0 aliphatic heterocycles. The smallest absolute Gasteiger partial charge is 0.264 e. The Morgan fingerprint density at radius 3 is 2.33 bits per heavy atom. The Morgan fingerprint density at radius 1 is 1.14 bits per heavy atom. The van der Waals surface area contributed by atoms with Crippen molar-refractivity contribution in [2.75, 3.05) is 4.72 Å². The SMILES string of the molecule is NC(=O)c1ccc(NS(=O)(=O)c2cccc(Cl)c2F)cc1. The lowest BCUT2D eigenvalue weighted by molar-refractivity contribution is 0.100. The van der Waals surface area contributed by atoms with Crippen LogP contribution in [0, 0.1) is 5.82 Å². The van der Waals surface area contributed by atoms with Crippen molar-refractivity contribution >= 4 is 33.2 Å². The predicted octanol–water partition coefficient (Wildman–Crippen LogP) is 2.38. The summed E-state index contributed by atoms with van der Waals surface area (Å²) in [5.41, 5.74) is 5.47. The van der Waals surface area contributed by atoms with Crippen LogP contribution in [-0.2, 0) is 10.0 Å². The molecule has 3 N–H and O–H groups in total. The van der Waals surface area contributed by atoms with E-state index in [4.69, 9.17) is 17.3 Å². The van der Waals surface area contributed by atoms with Crippen molar-refractivity contribution < 1.29 is 17.6 Å². The number of benzene rings is 2. The minimum Gasteiger partial charge on any atom is -0.366 e. The molecular formula is C13H10ClFN2O3S. The number of nitrogens with two attached hydrogens (primary N) is 1. The molecule has 0 aliphatic rings. The Labute approximate surface area is 125 Å². The van der Waals surface area contributed by atoms with Gasteiger partial charge in [0, 0.05) is 11.3 Å². The van der Waals surface area contributed by atoms with Gasteiger partial charge in [0.1, 0.15) is 4.90 Å². The number of anilines is 1. The van der Waals surface area contributed by atoms with Gasteiger partial charge in [0.15, 0.2) is 5.82 Å². The molecule has 1 amide bonds. The van der Waals surface area contributed by atoms with E-state index in [1.807, 2.05) is 0 Å². The molecule has 2 aromatic carbocycles. The van der Waals surface area contributed by atoms with Crippen molar-refractivity contribution in [3.05, 3.63) is 58.9 Å². The van der Waals surface area contributed by atoms with Gasteiger partial charge in [-0.3, -0.25) is 9.52 Å². The fourth-order valence-electron chi connectivity index (χ4n) is 1.60. The van der Waals surface area contributed by atoms with Gasteiger partial charge in [-0.25, -0.2) is 12.8 Å². The lowest BCUT2D eigenvalue weighted by atomic mass is 10.2. The van der Waals surface area contributed by atoms with E-state index in [9.17, 15) is 17.6 Å². The van der Waals surface area contributed by atoms with Crippen LogP contribution in [0.3, 0.4) is 0 Å². The molecule has 21 heavy (non-hydrogen) atoms. The minimum atomic E-state index is -4.13. The fourth-order valence-corrected chi connectivity index (χ4v) is 2.99. The third kappa shape index (κ3) is 3.32. The van der Waals surface area contributed by atoms with Crippen LogP contribution in [0.15, 0.2) is 47.4 Å². The van der Waals surface area contributed by atoms with E-state index < -0.39 is 26.6 Å². The monoisotopic (exact) mass is 328 g/mol. The highest BCUT2D eigenvalue weighted by Crippen LogP contribution is 2.24. The van der Waals surface area contributed by atoms with E-state index in [1.54, 1.807) is 0 Å². The average Bonchev–Trinajstić information content (AvgIpc) is 2.41. The number of halogens is 2. The Balaban J connectivity index is 2.33. The third-order valence-electron chi connectivity index (χ3n) is 2.63. The number of carbonyl (C=O) groups is 1. The first-order valence-corrected chi connectivity index (χ1v) is 7.54. The van der Waals surface area contributed by atoms with E-state index in [0.29, 0.717) is 0 Å². The van der Waals surface area contributed by atoms with Crippen molar-refractivity contribution in [2.45, 2.75) is 4.90 Å². The van der Waals surface area contributed by atoms with Crippen molar-refractivity contribution in [3.8, 4) is 0 Å². The van der Waals surface area contributed by atoms with Gasteiger partial charge in [-0.1, -0.05) is 17.7 Å². The molecular weight excluding hydrogens is 319 g/mol. The molecule has 2 aromatic rings. The van der Waals surface area contributed by atoms with Crippen molar-refractivity contribution in [3.63, 3.8) is 0 Å². The van der Waals surface area contributed by atoms with Crippen LogP contribution in [-0.4, -0.2) is 14.3 Å². The first-order chi connectivity index (χ1) is 9.81. The molecule has 0 saturated heterocycles. The molecule has 0 aliphatic carbocycles. The molecule has 0 fully saturated rings. The Hall–Kier alpha value is -2.12. The van der Waals surface area contributed by atoms with Gasteiger partial charge in [-0.2, -0.15) is 0 Å². The standard InChI is InChI=1S/C13H10ClFN2O3S/c14-10-2-1-3-11(12(10)15)21(19,20)17-9-6-4-8(5-7-9)13(16)18/h1-7,17H,(H2,16,18). The summed E-state index contributed by atoms with van der Waals surface area (Å²) in [4.78, 5) is 10.4. The largest absolute Gasteiger partial charge is 0.366 e. The third-order valence-corrected chi connectivity index (χ3v) is 4.32. The molecule has 0 unspecified atom stereocenters. The van der Waals surface area contributed by atoms with Crippen molar-refractivity contribution in [2.24, 2.45) is 5.73 Å². The molecule has 0 heterocycles. The lowest BCUT2D eigenvalue weighted by Gasteiger charge is -2.09. The van der Waals surface area contributed by atoms with Gasteiger partial charge in [-0.15, -0.1) is 0 Å². The molecule has 0 radical (unpaired) electrons. The van der Waals surface area contributed by atoms with Crippen LogP contribution >= 0.6 is 11.6 Å². The Morgan fingerprint density at radius 2 is 1.76 bits per heavy atom. The molecule has 0 spiro atoms. The van der Waals surface area contributed by atoms with Crippen LogP contribution in [0.2, 0.25) is 5.02 Å². The Kier molecular flexibility index (Phi) is 4.15. The average molecular weight is 329 g/mol. The number of sulfonamides is 1. The van der Waals surface area contributed by atoms with Gasteiger partial charge in [0.2, 0.25) is 5.91 Å². The van der Waals surface area contributed by atoms with Crippen LogP contribution < -0.4 is 10.5 Å². The van der Waals surface area contributed by atoms with Crippen LogP contribution in [0.1, 0.15) is 10.4 Å². The summed E-state index contributed by atoms with van der Waals surface area (Å²) in [7, 11) is -4.13. The van der Waals surface area contributed by atoms with E-state index in [-0.39, 0.29) is 16.3 Å². The number of amides is 1. The maximum Gasteiger partial charge on any atom is 0.264 e. The first kappa shape index (κ1) is 15.3. The summed E-state index contributed by atoms with van der Waals surface area (Å²) in [5.74, 6) is -1.66. The number of rotatable bonds is 4. The highest BCUT2D eigenvalue weighted by atomic mass is 35.5. The number of primary amides is 1. The molecule has 2 rings (SSSR count). The summed E-state index contributed by atoms with van der Waals surface area (Å²) >= 11 is 5.56. The number of hydrogen-bond acceptors (Lipinski definition) is 3. The maximum absolute atomic E-state index is 13.8. The topological polar surface area (TPSA) is 89.3 Å². The second-order valence-electron chi connectivity index (χ2n) is 4.10. The zero-order chi connectivity index (χ0) is 15.6. The van der Waals surface area contributed by atoms with E-state index in [1.165, 1.54) is 36.4 Å². The van der Waals surface area contributed by atoms with Crippen molar-refractivity contribution in [1.82, 2.24) is 0 Å². The zero-order valence-corrected chi connectivity index (χ0v) is 12.1. The quantitative estimate of drug-likeness (QED) is 0.903. The summed E-state index contributed by atoms with van der Waals surface area (Å²) < 4.78 is 40.1. The van der Waals surface area contributed by atoms with Gasteiger partial charge in [0.05, 0.1) is 5.02 Å². The first-order valence-electron chi connectivity index (χ1n) is 5.68. The highest BCUT2D eigenvalue weighted by molar-refractivity contribution is 7.92. The van der Waals surface area contributed by atoms with Crippen molar-refractivity contribution in [1.29, 1.82) is 0 Å². The van der Waals surface area contributed by atoms with E-state index in [2.05, 4.69) is 4.72 Å². The molecule has 0 bridgehead atoms. The van der Waals surface area contributed by atoms with Crippen LogP contribution in [0.5, 0.6) is 0 Å². The number of hydrogen-bond donors (Lipinski definition) is 2. The lowest BCUT2D eigenvalue weighted by Crippen LogP contribution is -2.15. The molecule has 5 nitrogen and oxygen atoms in total. The fraction of sp³-hybridized carbons (Fsp3) is 0. The number of carbonyl (C=O) groups excluding carboxylic acids is 1.